The Morgan fingerprint density at radius 1 is 1.18 bits per heavy atom. The van der Waals surface area contributed by atoms with Crippen LogP contribution < -0.4 is 16.0 Å². The number of hydrogen-bond acceptors (Lipinski definition) is 4. The monoisotopic (exact) mass is 396 g/mol. The fourth-order valence-electron chi connectivity index (χ4n) is 2.31. The highest BCUT2D eigenvalue weighted by Gasteiger charge is 2.33. The first-order valence-electron chi connectivity index (χ1n) is 8.77. The molecule has 0 aliphatic rings. The Morgan fingerprint density at radius 3 is 2.68 bits per heavy atom. The van der Waals surface area contributed by atoms with Crippen LogP contribution in [-0.2, 0) is 17.5 Å². The number of aromatic nitrogens is 1. The fourth-order valence-corrected chi connectivity index (χ4v) is 2.31. The zero-order valence-corrected chi connectivity index (χ0v) is 15.6. The van der Waals surface area contributed by atoms with E-state index < -0.39 is 17.8 Å². The summed E-state index contributed by atoms with van der Waals surface area (Å²) < 4.78 is 44.2. The van der Waals surface area contributed by atoms with E-state index in [0.717, 1.165) is 11.6 Å². The van der Waals surface area contributed by atoms with E-state index in [2.05, 4.69) is 20.9 Å². The van der Waals surface area contributed by atoms with Crippen LogP contribution >= 0.6 is 0 Å². The summed E-state index contributed by atoms with van der Waals surface area (Å²) in [4.78, 5) is 15.6. The van der Waals surface area contributed by atoms with Gasteiger partial charge in [-0.2, -0.15) is 13.2 Å². The number of ether oxygens (including phenoxy) is 1. The summed E-state index contributed by atoms with van der Waals surface area (Å²) in [6, 6.07) is 8.94. The molecular weight excluding hydrogens is 373 g/mol. The zero-order valence-electron chi connectivity index (χ0n) is 15.6. The smallest absolute Gasteiger partial charge is 0.374 e. The van der Waals surface area contributed by atoms with Crippen molar-refractivity contribution >= 4 is 17.5 Å². The molecule has 0 fully saturated rings. The summed E-state index contributed by atoms with van der Waals surface area (Å²) in [6.07, 6.45) is -3.12. The van der Waals surface area contributed by atoms with Gasteiger partial charge in [0.2, 0.25) is 0 Å². The molecule has 0 saturated carbocycles. The molecule has 6 nitrogen and oxygen atoms in total. The molecular formula is C19H23F3N4O2. The number of amides is 2. The zero-order chi connectivity index (χ0) is 20.6. The number of carbonyl (C=O) groups excluding carboxylic acids is 1. The predicted octanol–water partition coefficient (Wildman–Crippen LogP) is 4.26. The normalized spacial score (nSPS) is 11.4. The van der Waals surface area contributed by atoms with Gasteiger partial charge >= 0.3 is 12.2 Å². The standard InChI is InChI=1S/C19H23F3N4O2/c1-13(2)28-12-14-5-3-6-15(11-14)26-18(27)25-10-9-24-17-16(19(20,21)22)7-4-8-23-17/h3-8,11,13H,9-10,12H2,1-2H3,(H,23,24)(H2,25,26,27). The van der Waals surface area contributed by atoms with Gasteiger partial charge in [-0.25, -0.2) is 9.78 Å². The summed E-state index contributed by atoms with van der Waals surface area (Å²) in [5.74, 6) is -0.268. The number of carbonyl (C=O) groups is 1. The van der Waals surface area contributed by atoms with Crippen LogP contribution in [0.2, 0.25) is 0 Å². The van der Waals surface area contributed by atoms with Crippen molar-refractivity contribution in [2.45, 2.75) is 32.7 Å². The minimum Gasteiger partial charge on any atom is -0.374 e. The molecule has 0 unspecified atom stereocenters. The molecule has 1 aromatic heterocycles. The second-order valence-corrected chi connectivity index (χ2v) is 6.27. The summed E-state index contributed by atoms with van der Waals surface area (Å²) in [6.45, 7) is 4.52. The van der Waals surface area contributed by atoms with E-state index in [1.165, 1.54) is 12.3 Å². The predicted molar refractivity (Wildman–Crippen MR) is 101 cm³/mol. The van der Waals surface area contributed by atoms with Crippen molar-refractivity contribution in [3.05, 3.63) is 53.7 Å². The van der Waals surface area contributed by atoms with Crippen LogP contribution in [0.3, 0.4) is 0 Å². The third kappa shape index (κ3) is 7.07. The average molecular weight is 396 g/mol. The second-order valence-electron chi connectivity index (χ2n) is 6.27. The van der Waals surface area contributed by atoms with Gasteiger partial charge in [-0.15, -0.1) is 0 Å². The molecule has 0 atom stereocenters. The summed E-state index contributed by atoms with van der Waals surface area (Å²) in [5.41, 5.74) is 0.669. The van der Waals surface area contributed by atoms with Crippen molar-refractivity contribution in [1.82, 2.24) is 10.3 Å². The summed E-state index contributed by atoms with van der Waals surface area (Å²) >= 11 is 0. The van der Waals surface area contributed by atoms with Crippen LogP contribution in [0.1, 0.15) is 25.0 Å². The molecule has 3 N–H and O–H groups in total. The quantitative estimate of drug-likeness (QED) is 0.583. The molecule has 2 amide bonds. The maximum absolute atomic E-state index is 12.9. The van der Waals surface area contributed by atoms with Crippen LogP contribution in [0.5, 0.6) is 0 Å². The molecule has 0 aliphatic heterocycles. The first kappa shape index (κ1) is 21.5. The number of hydrogen-bond donors (Lipinski definition) is 3. The third-order valence-electron chi connectivity index (χ3n) is 3.58. The maximum Gasteiger partial charge on any atom is 0.419 e. The van der Waals surface area contributed by atoms with Gasteiger partial charge in [0, 0.05) is 25.0 Å². The lowest BCUT2D eigenvalue weighted by Crippen LogP contribution is -2.33. The molecule has 152 valence electrons. The second kappa shape index (κ2) is 9.93. The number of alkyl halides is 3. The Balaban J connectivity index is 1.79. The molecule has 0 spiro atoms. The number of urea groups is 1. The van der Waals surface area contributed by atoms with Crippen molar-refractivity contribution < 1.29 is 22.7 Å². The van der Waals surface area contributed by atoms with E-state index in [4.69, 9.17) is 4.74 Å². The highest BCUT2D eigenvalue weighted by Crippen LogP contribution is 2.33. The van der Waals surface area contributed by atoms with E-state index in [9.17, 15) is 18.0 Å². The number of nitrogens with zero attached hydrogens (tertiary/aromatic N) is 1. The highest BCUT2D eigenvalue weighted by atomic mass is 19.4. The van der Waals surface area contributed by atoms with Crippen molar-refractivity contribution in [2.75, 3.05) is 23.7 Å². The first-order valence-corrected chi connectivity index (χ1v) is 8.77. The molecule has 1 heterocycles. The van der Waals surface area contributed by atoms with Crippen LogP contribution in [0.25, 0.3) is 0 Å². The number of anilines is 2. The number of pyridine rings is 1. The van der Waals surface area contributed by atoms with Gasteiger partial charge in [-0.05, 0) is 43.7 Å². The van der Waals surface area contributed by atoms with Gasteiger partial charge in [-0.3, -0.25) is 0 Å². The van der Waals surface area contributed by atoms with Crippen molar-refractivity contribution in [1.29, 1.82) is 0 Å². The largest absolute Gasteiger partial charge is 0.419 e. The molecule has 0 radical (unpaired) electrons. The van der Waals surface area contributed by atoms with Gasteiger partial charge in [0.15, 0.2) is 0 Å². The lowest BCUT2D eigenvalue weighted by atomic mass is 10.2. The Bertz CT molecular complexity index is 782. The van der Waals surface area contributed by atoms with Crippen molar-refractivity contribution in [3.8, 4) is 0 Å². The minimum atomic E-state index is -4.49. The van der Waals surface area contributed by atoms with Crippen LogP contribution in [-0.4, -0.2) is 30.2 Å². The Kier molecular flexibility index (Phi) is 7.62. The first-order chi connectivity index (χ1) is 13.3. The molecule has 28 heavy (non-hydrogen) atoms. The fraction of sp³-hybridized carbons (Fsp3) is 0.368. The number of halogens is 3. The average Bonchev–Trinajstić information content (AvgIpc) is 2.63. The number of benzene rings is 1. The minimum absolute atomic E-state index is 0.0930. The van der Waals surface area contributed by atoms with E-state index in [-0.39, 0.29) is 25.0 Å². The lowest BCUT2D eigenvalue weighted by Gasteiger charge is -2.14. The molecule has 0 aliphatic carbocycles. The topological polar surface area (TPSA) is 75.3 Å². The van der Waals surface area contributed by atoms with Gasteiger partial charge in [0.05, 0.1) is 18.3 Å². The lowest BCUT2D eigenvalue weighted by molar-refractivity contribution is -0.137. The molecule has 2 aromatic rings. The van der Waals surface area contributed by atoms with Gasteiger partial charge in [0.25, 0.3) is 0 Å². The third-order valence-corrected chi connectivity index (χ3v) is 3.58. The van der Waals surface area contributed by atoms with Crippen LogP contribution in [0.15, 0.2) is 42.6 Å². The summed E-state index contributed by atoms with van der Waals surface area (Å²) in [5, 5.41) is 7.84. The maximum atomic E-state index is 12.9. The number of rotatable bonds is 8. The van der Waals surface area contributed by atoms with Crippen LogP contribution in [0.4, 0.5) is 29.5 Å². The molecule has 1 aromatic carbocycles. The molecule has 0 saturated heterocycles. The Labute approximate surface area is 161 Å². The van der Waals surface area contributed by atoms with Gasteiger partial charge in [0.1, 0.15) is 5.82 Å². The number of nitrogens with one attached hydrogen (secondary N) is 3. The van der Waals surface area contributed by atoms with Crippen molar-refractivity contribution in [2.24, 2.45) is 0 Å². The van der Waals surface area contributed by atoms with E-state index >= 15 is 0 Å². The van der Waals surface area contributed by atoms with Crippen LogP contribution in [0, 0.1) is 0 Å². The molecule has 0 bridgehead atoms. The van der Waals surface area contributed by atoms with Gasteiger partial charge in [-0.1, -0.05) is 12.1 Å². The molecule has 9 heteroatoms. The van der Waals surface area contributed by atoms with E-state index in [1.807, 2.05) is 19.9 Å². The van der Waals surface area contributed by atoms with Crippen molar-refractivity contribution in [3.63, 3.8) is 0 Å². The van der Waals surface area contributed by atoms with Gasteiger partial charge < -0.3 is 20.7 Å². The SMILES string of the molecule is CC(C)OCc1cccc(NC(=O)NCCNc2ncccc2C(F)(F)F)c1. The summed E-state index contributed by atoms with van der Waals surface area (Å²) in [7, 11) is 0. The van der Waals surface area contributed by atoms with E-state index in [0.29, 0.717) is 12.3 Å². The Morgan fingerprint density at radius 2 is 1.96 bits per heavy atom. The van der Waals surface area contributed by atoms with E-state index in [1.54, 1.807) is 18.2 Å². The molecule has 2 rings (SSSR count). The highest BCUT2D eigenvalue weighted by molar-refractivity contribution is 5.89. The Hall–Kier alpha value is -2.81.